The predicted molar refractivity (Wildman–Crippen MR) is 47.2 cm³/mol. The SMILES string of the molecule is Cc1cn2c(C)c(C)nc2cn1. The maximum atomic E-state index is 4.35. The van der Waals surface area contributed by atoms with Gasteiger partial charge in [0.2, 0.25) is 0 Å². The van der Waals surface area contributed by atoms with Crippen molar-refractivity contribution >= 4 is 5.65 Å². The van der Waals surface area contributed by atoms with E-state index >= 15 is 0 Å². The van der Waals surface area contributed by atoms with Gasteiger partial charge in [-0.15, -0.1) is 0 Å². The summed E-state index contributed by atoms with van der Waals surface area (Å²) in [5.74, 6) is 0. The van der Waals surface area contributed by atoms with Crippen molar-refractivity contribution in [3.05, 3.63) is 29.5 Å². The van der Waals surface area contributed by atoms with Crippen LogP contribution in [0.15, 0.2) is 12.4 Å². The highest BCUT2D eigenvalue weighted by Gasteiger charge is 2.02. The summed E-state index contributed by atoms with van der Waals surface area (Å²) >= 11 is 0. The minimum Gasteiger partial charge on any atom is -0.301 e. The van der Waals surface area contributed by atoms with Crippen LogP contribution in [0.1, 0.15) is 17.1 Å². The topological polar surface area (TPSA) is 30.2 Å². The van der Waals surface area contributed by atoms with E-state index in [-0.39, 0.29) is 0 Å². The van der Waals surface area contributed by atoms with Gasteiger partial charge in [0.1, 0.15) is 0 Å². The Kier molecular flexibility index (Phi) is 1.40. The molecular formula is C9H11N3. The summed E-state index contributed by atoms with van der Waals surface area (Å²) in [4.78, 5) is 8.53. The van der Waals surface area contributed by atoms with Crippen LogP contribution >= 0.6 is 0 Å². The molecular weight excluding hydrogens is 150 g/mol. The largest absolute Gasteiger partial charge is 0.301 e. The quantitative estimate of drug-likeness (QED) is 0.588. The van der Waals surface area contributed by atoms with Gasteiger partial charge in [-0.1, -0.05) is 0 Å². The van der Waals surface area contributed by atoms with Crippen LogP contribution < -0.4 is 0 Å². The van der Waals surface area contributed by atoms with Crippen LogP contribution in [0.3, 0.4) is 0 Å². The lowest BCUT2D eigenvalue weighted by molar-refractivity contribution is 1.03. The molecule has 3 nitrogen and oxygen atoms in total. The fourth-order valence-corrected chi connectivity index (χ4v) is 1.29. The Hall–Kier alpha value is -1.38. The summed E-state index contributed by atoms with van der Waals surface area (Å²) in [5, 5.41) is 0. The zero-order valence-corrected chi connectivity index (χ0v) is 7.50. The average Bonchev–Trinajstić information content (AvgIpc) is 2.31. The summed E-state index contributed by atoms with van der Waals surface area (Å²) in [6, 6.07) is 0. The van der Waals surface area contributed by atoms with Crippen LogP contribution in [0.4, 0.5) is 0 Å². The van der Waals surface area contributed by atoms with E-state index < -0.39 is 0 Å². The molecule has 12 heavy (non-hydrogen) atoms. The second-order valence-corrected chi connectivity index (χ2v) is 3.04. The molecule has 2 heterocycles. The van der Waals surface area contributed by atoms with Gasteiger partial charge >= 0.3 is 0 Å². The smallest absolute Gasteiger partial charge is 0.155 e. The molecule has 0 saturated heterocycles. The van der Waals surface area contributed by atoms with Crippen molar-refractivity contribution in [2.75, 3.05) is 0 Å². The van der Waals surface area contributed by atoms with Crippen LogP contribution in [-0.4, -0.2) is 14.4 Å². The second-order valence-electron chi connectivity index (χ2n) is 3.04. The predicted octanol–water partition coefficient (Wildman–Crippen LogP) is 1.65. The van der Waals surface area contributed by atoms with Gasteiger partial charge in [-0.25, -0.2) is 4.98 Å². The Morgan fingerprint density at radius 3 is 2.75 bits per heavy atom. The number of imidazole rings is 1. The van der Waals surface area contributed by atoms with Crippen molar-refractivity contribution < 1.29 is 0 Å². The third kappa shape index (κ3) is 0.897. The lowest BCUT2D eigenvalue weighted by atomic mass is 10.4. The van der Waals surface area contributed by atoms with Crippen molar-refractivity contribution in [3.63, 3.8) is 0 Å². The molecule has 2 aromatic rings. The molecule has 0 bridgehead atoms. The Morgan fingerprint density at radius 1 is 1.25 bits per heavy atom. The molecule has 0 unspecified atom stereocenters. The van der Waals surface area contributed by atoms with Crippen LogP contribution in [0, 0.1) is 20.8 Å². The van der Waals surface area contributed by atoms with Crippen molar-refractivity contribution in [1.29, 1.82) is 0 Å². The van der Waals surface area contributed by atoms with Crippen molar-refractivity contribution in [2.45, 2.75) is 20.8 Å². The van der Waals surface area contributed by atoms with Gasteiger partial charge in [-0.2, -0.15) is 0 Å². The van der Waals surface area contributed by atoms with Crippen LogP contribution in [0.25, 0.3) is 5.65 Å². The van der Waals surface area contributed by atoms with Crippen LogP contribution in [-0.2, 0) is 0 Å². The highest BCUT2D eigenvalue weighted by atomic mass is 15.0. The van der Waals surface area contributed by atoms with Crippen molar-refractivity contribution in [1.82, 2.24) is 14.4 Å². The number of hydrogen-bond acceptors (Lipinski definition) is 2. The number of aromatic nitrogens is 3. The van der Waals surface area contributed by atoms with Crippen molar-refractivity contribution in [3.8, 4) is 0 Å². The van der Waals surface area contributed by atoms with E-state index in [1.165, 1.54) is 5.69 Å². The molecule has 2 rings (SSSR count). The first-order chi connectivity index (χ1) is 5.68. The maximum absolute atomic E-state index is 4.35. The first kappa shape index (κ1) is 7.28. The Morgan fingerprint density at radius 2 is 2.00 bits per heavy atom. The summed E-state index contributed by atoms with van der Waals surface area (Å²) in [6.07, 6.45) is 3.81. The summed E-state index contributed by atoms with van der Waals surface area (Å²) < 4.78 is 2.07. The summed E-state index contributed by atoms with van der Waals surface area (Å²) in [5.41, 5.74) is 4.21. The molecule has 3 heteroatoms. The Labute approximate surface area is 71.1 Å². The highest BCUT2D eigenvalue weighted by molar-refractivity contribution is 5.40. The van der Waals surface area contributed by atoms with Gasteiger partial charge in [-0.3, -0.25) is 4.98 Å². The standard InChI is InChI=1S/C9H11N3/c1-6-5-12-8(3)7(2)11-9(12)4-10-6/h4-5H,1-3H3. The molecule has 0 spiro atoms. The summed E-state index contributed by atoms with van der Waals surface area (Å²) in [6.45, 7) is 6.06. The molecule has 0 aliphatic carbocycles. The van der Waals surface area contributed by atoms with E-state index in [9.17, 15) is 0 Å². The maximum Gasteiger partial charge on any atom is 0.155 e. The number of rotatable bonds is 0. The molecule has 0 amide bonds. The van der Waals surface area contributed by atoms with E-state index in [2.05, 4.69) is 21.3 Å². The minimum atomic E-state index is 0.926. The molecule has 0 radical (unpaired) electrons. The average molecular weight is 161 g/mol. The van der Waals surface area contributed by atoms with E-state index in [4.69, 9.17) is 0 Å². The Bertz CT molecular complexity index is 429. The van der Waals surface area contributed by atoms with E-state index in [1.54, 1.807) is 6.20 Å². The van der Waals surface area contributed by atoms with Gasteiger partial charge in [0.05, 0.1) is 17.6 Å². The van der Waals surface area contributed by atoms with Gasteiger partial charge in [0, 0.05) is 11.9 Å². The molecule has 0 saturated carbocycles. The monoisotopic (exact) mass is 161 g/mol. The number of fused-ring (bicyclic) bond motifs is 1. The molecule has 2 aromatic heterocycles. The van der Waals surface area contributed by atoms with Crippen molar-refractivity contribution in [2.24, 2.45) is 0 Å². The normalized spacial score (nSPS) is 10.9. The van der Waals surface area contributed by atoms with E-state index in [0.29, 0.717) is 0 Å². The number of hydrogen-bond donors (Lipinski definition) is 0. The first-order valence-electron chi connectivity index (χ1n) is 3.96. The fourth-order valence-electron chi connectivity index (χ4n) is 1.29. The second kappa shape index (κ2) is 2.30. The highest BCUT2D eigenvalue weighted by Crippen LogP contribution is 2.09. The molecule has 0 aliphatic rings. The molecule has 0 N–H and O–H groups in total. The van der Waals surface area contributed by atoms with E-state index in [0.717, 1.165) is 17.0 Å². The van der Waals surface area contributed by atoms with Gasteiger partial charge in [-0.05, 0) is 20.8 Å². The summed E-state index contributed by atoms with van der Waals surface area (Å²) in [7, 11) is 0. The zero-order valence-electron chi connectivity index (χ0n) is 7.50. The van der Waals surface area contributed by atoms with Gasteiger partial charge in [0.15, 0.2) is 5.65 Å². The molecule has 0 atom stereocenters. The number of nitrogens with zero attached hydrogens (tertiary/aromatic N) is 3. The third-order valence-corrected chi connectivity index (χ3v) is 2.11. The fraction of sp³-hybridized carbons (Fsp3) is 0.333. The van der Waals surface area contributed by atoms with Gasteiger partial charge < -0.3 is 4.40 Å². The lowest BCUT2D eigenvalue weighted by Gasteiger charge is -1.96. The number of aryl methyl sites for hydroxylation is 3. The minimum absolute atomic E-state index is 0.926. The molecule has 62 valence electrons. The Balaban J connectivity index is 2.88. The van der Waals surface area contributed by atoms with E-state index in [1.807, 2.05) is 20.0 Å². The zero-order chi connectivity index (χ0) is 8.72. The first-order valence-corrected chi connectivity index (χ1v) is 3.96. The van der Waals surface area contributed by atoms with Crippen LogP contribution in [0.2, 0.25) is 0 Å². The van der Waals surface area contributed by atoms with Crippen LogP contribution in [0.5, 0.6) is 0 Å². The molecule has 0 aromatic carbocycles. The van der Waals surface area contributed by atoms with Gasteiger partial charge in [0.25, 0.3) is 0 Å². The molecule has 0 aliphatic heterocycles. The lowest BCUT2D eigenvalue weighted by Crippen LogP contribution is -1.90. The molecule has 0 fully saturated rings. The third-order valence-electron chi connectivity index (χ3n) is 2.11.